The van der Waals surface area contributed by atoms with Gasteiger partial charge in [-0.1, -0.05) is 54.1 Å². The molecule has 4 rings (SSSR count). The van der Waals surface area contributed by atoms with E-state index < -0.39 is 0 Å². The fourth-order valence-electron chi connectivity index (χ4n) is 2.41. The van der Waals surface area contributed by atoms with Crippen LogP contribution in [-0.2, 0) is 6.42 Å². The predicted molar refractivity (Wildman–Crippen MR) is 103 cm³/mol. The Morgan fingerprint density at radius 2 is 1.25 bits per heavy atom. The molecule has 0 saturated heterocycles. The molecule has 0 fully saturated rings. The van der Waals surface area contributed by atoms with E-state index in [0.717, 1.165) is 44.0 Å². The smallest absolute Gasteiger partial charge is 0.100 e. The zero-order valence-electron chi connectivity index (χ0n) is 12.6. The molecule has 0 atom stereocenters. The molecule has 2 aromatic carbocycles. The molecular weight excluding hydrogens is 356 g/mol. The second kappa shape index (κ2) is 6.85. The van der Waals surface area contributed by atoms with Crippen LogP contribution >= 0.6 is 34.3 Å². The van der Waals surface area contributed by atoms with E-state index in [1.54, 1.807) is 22.7 Å². The Morgan fingerprint density at radius 1 is 0.708 bits per heavy atom. The number of halogens is 1. The highest BCUT2D eigenvalue weighted by molar-refractivity contribution is 7.11. The van der Waals surface area contributed by atoms with Crippen molar-refractivity contribution in [1.29, 1.82) is 0 Å². The van der Waals surface area contributed by atoms with Gasteiger partial charge in [0.1, 0.15) is 10.0 Å². The van der Waals surface area contributed by atoms with Gasteiger partial charge in [-0.05, 0) is 12.1 Å². The Balaban J connectivity index is 1.52. The minimum Gasteiger partial charge on any atom is -0.241 e. The Kier molecular flexibility index (Phi) is 4.43. The van der Waals surface area contributed by atoms with E-state index >= 15 is 0 Å². The molecule has 118 valence electrons. The number of nitrogens with zero attached hydrogens (tertiary/aromatic N) is 2. The minimum absolute atomic E-state index is 0.741. The SMILES string of the molecule is Clc1ccc(-c2csc(Cc3nc(-c4ccccc4)cs3)n2)cc1. The highest BCUT2D eigenvalue weighted by atomic mass is 35.5. The van der Waals surface area contributed by atoms with Gasteiger partial charge in [-0.15, -0.1) is 22.7 Å². The molecule has 0 radical (unpaired) electrons. The first kappa shape index (κ1) is 15.5. The number of benzene rings is 2. The number of rotatable bonds is 4. The van der Waals surface area contributed by atoms with Crippen LogP contribution < -0.4 is 0 Å². The van der Waals surface area contributed by atoms with E-state index in [9.17, 15) is 0 Å². The first-order valence-corrected chi connectivity index (χ1v) is 9.62. The number of thiazole rings is 2. The first-order chi connectivity index (χ1) is 11.8. The number of hydrogen-bond acceptors (Lipinski definition) is 4. The highest BCUT2D eigenvalue weighted by Crippen LogP contribution is 2.27. The van der Waals surface area contributed by atoms with Crippen molar-refractivity contribution in [3.05, 3.63) is 80.4 Å². The quantitative estimate of drug-likeness (QED) is 0.430. The third-order valence-electron chi connectivity index (χ3n) is 3.62. The van der Waals surface area contributed by atoms with Gasteiger partial charge >= 0.3 is 0 Å². The summed E-state index contributed by atoms with van der Waals surface area (Å²) in [5, 5.41) is 7.10. The highest BCUT2D eigenvalue weighted by Gasteiger charge is 2.09. The van der Waals surface area contributed by atoms with Gasteiger partial charge in [0.15, 0.2) is 0 Å². The fraction of sp³-hybridized carbons (Fsp3) is 0.0526. The zero-order chi connectivity index (χ0) is 16.4. The van der Waals surface area contributed by atoms with E-state index in [4.69, 9.17) is 21.6 Å². The summed E-state index contributed by atoms with van der Waals surface area (Å²) < 4.78 is 0. The molecule has 0 aliphatic carbocycles. The lowest BCUT2D eigenvalue weighted by Crippen LogP contribution is -1.87. The molecule has 2 nitrogen and oxygen atoms in total. The van der Waals surface area contributed by atoms with Gasteiger partial charge in [0, 0.05) is 26.9 Å². The maximum absolute atomic E-state index is 5.94. The van der Waals surface area contributed by atoms with Crippen LogP contribution in [0.4, 0.5) is 0 Å². The molecule has 0 aliphatic heterocycles. The van der Waals surface area contributed by atoms with Crippen molar-refractivity contribution < 1.29 is 0 Å². The molecule has 0 bridgehead atoms. The fourth-order valence-corrected chi connectivity index (χ4v) is 4.24. The van der Waals surface area contributed by atoms with Gasteiger partial charge in [-0.3, -0.25) is 0 Å². The molecule has 24 heavy (non-hydrogen) atoms. The Hall–Kier alpha value is -2.01. The van der Waals surface area contributed by atoms with E-state index in [0.29, 0.717) is 0 Å². The van der Waals surface area contributed by atoms with Gasteiger partial charge in [0.2, 0.25) is 0 Å². The molecule has 0 saturated carbocycles. The summed E-state index contributed by atoms with van der Waals surface area (Å²) in [6.07, 6.45) is 0.774. The maximum atomic E-state index is 5.94. The average molecular weight is 369 g/mol. The van der Waals surface area contributed by atoms with E-state index in [1.807, 2.05) is 42.5 Å². The topological polar surface area (TPSA) is 25.8 Å². The van der Waals surface area contributed by atoms with Crippen LogP contribution in [0.1, 0.15) is 10.0 Å². The molecule has 4 aromatic rings. The van der Waals surface area contributed by atoms with Crippen molar-refractivity contribution >= 4 is 34.3 Å². The summed E-state index contributed by atoms with van der Waals surface area (Å²) in [6, 6.07) is 18.0. The molecule has 0 spiro atoms. The standard InChI is InChI=1S/C19H13ClN2S2/c20-15-8-6-14(7-9-15)17-12-24-19(22-17)10-18-21-16(11-23-18)13-4-2-1-3-5-13/h1-9,11-12H,10H2. The maximum Gasteiger partial charge on any atom is 0.100 e. The summed E-state index contributed by atoms with van der Waals surface area (Å²) >= 11 is 9.30. The van der Waals surface area contributed by atoms with Crippen LogP contribution in [0.25, 0.3) is 22.5 Å². The van der Waals surface area contributed by atoms with Gasteiger partial charge in [0.25, 0.3) is 0 Å². The summed E-state index contributed by atoms with van der Waals surface area (Å²) in [4.78, 5) is 9.47. The van der Waals surface area contributed by atoms with Crippen LogP contribution in [0.5, 0.6) is 0 Å². The van der Waals surface area contributed by atoms with Gasteiger partial charge in [-0.2, -0.15) is 0 Å². The predicted octanol–water partition coefficient (Wildman–Crippen LogP) is 6.18. The molecule has 5 heteroatoms. The largest absolute Gasteiger partial charge is 0.241 e. The normalized spacial score (nSPS) is 10.9. The lowest BCUT2D eigenvalue weighted by molar-refractivity contribution is 1.11. The summed E-state index contributed by atoms with van der Waals surface area (Å²) in [7, 11) is 0. The summed E-state index contributed by atoms with van der Waals surface area (Å²) in [6.45, 7) is 0. The third kappa shape index (κ3) is 3.41. The van der Waals surface area contributed by atoms with Crippen molar-refractivity contribution in [2.24, 2.45) is 0 Å². The molecule has 0 aliphatic rings. The summed E-state index contributed by atoms with van der Waals surface area (Å²) in [5.74, 6) is 0. The second-order valence-electron chi connectivity index (χ2n) is 5.30. The van der Waals surface area contributed by atoms with E-state index in [-0.39, 0.29) is 0 Å². The van der Waals surface area contributed by atoms with Gasteiger partial charge < -0.3 is 0 Å². The lowest BCUT2D eigenvalue weighted by atomic mass is 10.2. The van der Waals surface area contributed by atoms with Crippen LogP contribution in [0.2, 0.25) is 5.02 Å². The van der Waals surface area contributed by atoms with Crippen molar-refractivity contribution in [2.45, 2.75) is 6.42 Å². The average Bonchev–Trinajstić information content (AvgIpc) is 3.27. The van der Waals surface area contributed by atoms with Crippen LogP contribution in [0, 0.1) is 0 Å². The van der Waals surface area contributed by atoms with Crippen molar-refractivity contribution in [2.75, 3.05) is 0 Å². The van der Waals surface area contributed by atoms with E-state index in [2.05, 4.69) is 22.9 Å². The molecule has 0 unspecified atom stereocenters. The molecule has 2 aromatic heterocycles. The van der Waals surface area contributed by atoms with Crippen molar-refractivity contribution in [3.63, 3.8) is 0 Å². The monoisotopic (exact) mass is 368 g/mol. The minimum atomic E-state index is 0.741. The molecule has 0 amide bonds. The van der Waals surface area contributed by atoms with Gasteiger partial charge in [-0.25, -0.2) is 9.97 Å². The van der Waals surface area contributed by atoms with Gasteiger partial charge in [0.05, 0.1) is 17.8 Å². The molecule has 0 N–H and O–H groups in total. The number of hydrogen-bond donors (Lipinski definition) is 0. The van der Waals surface area contributed by atoms with Crippen molar-refractivity contribution in [1.82, 2.24) is 9.97 Å². The van der Waals surface area contributed by atoms with Crippen molar-refractivity contribution in [3.8, 4) is 22.5 Å². The van der Waals surface area contributed by atoms with Crippen LogP contribution in [0.3, 0.4) is 0 Å². The summed E-state index contributed by atoms with van der Waals surface area (Å²) in [5.41, 5.74) is 4.27. The molecular formula is C19H13ClN2S2. The van der Waals surface area contributed by atoms with Crippen LogP contribution in [0.15, 0.2) is 65.4 Å². The third-order valence-corrected chi connectivity index (χ3v) is 5.57. The first-order valence-electron chi connectivity index (χ1n) is 7.48. The number of aromatic nitrogens is 2. The zero-order valence-corrected chi connectivity index (χ0v) is 15.0. The van der Waals surface area contributed by atoms with E-state index in [1.165, 1.54) is 0 Å². The second-order valence-corrected chi connectivity index (χ2v) is 7.62. The Bertz CT molecular complexity index is 943. The van der Waals surface area contributed by atoms with Crippen LogP contribution in [-0.4, -0.2) is 9.97 Å². The molecule has 2 heterocycles. The Morgan fingerprint density at radius 3 is 1.83 bits per heavy atom. The Labute approximate surface area is 153 Å². The lowest BCUT2D eigenvalue weighted by Gasteiger charge is -1.96.